The van der Waals surface area contributed by atoms with Crippen LogP contribution in [0.2, 0.25) is 0 Å². The van der Waals surface area contributed by atoms with Crippen molar-refractivity contribution in [2.45, 2.75) is 20.4 Å². The van der Waals surface area contributed by atoms with E-state index < -0.39 is 0 Å². The van der Waals surface area contributed by atoms with Crippen LogP contribution in [0.5, 0.6) is 5.75 Å². The molecule has 0 aliphatic carbocycles. The number of aromatic nitrogens is 3. The molecule has 1 heterocycles. The molecule has 6 heteroatoms. The maximum absolute atomic E-state index is 12.6. The molecule has 1 aromatic heterocycles. The highest BCUT2D eigenvalue weighted by molar-refractivity contribution is 6.04. The number of hydrogen-bond acceptors (Lipinski definition) is 4. The van der Waals surface area contributed by atoms with Gasteiger partial charge in [0.2, 0.25) is 0 Å². The molecule has 0 bridgehead atoms. The lowest BCUT2D eigenvalue weighted by molar-refractivity contribution is 0.102. The Hall–Kier alpha value is -3.15. The second kappa shape index (κ2) is 7.61. The number of carbonyl (C=O) groups excluding carboxylic acids is 1. The number of nitrogens with zero attached hydrogens (tertiary/aromatic N) is 3. The first-order valence-corrected chi connectivity index (χ1v) is 8.16. The molecule has 3 aromatic rings. The first-order valence-electron chi connectivity index (χ1n) is 8.16. The van der Waals surface area contributed by atoms with Crippen LogP contribution in [0.4, 0.5) is 5.69 Å². The zero-order valence-corrected chi connectivity index (χ0v) is 14.3. The van der Waals surface area contributed by atoms with Gasteiger partial charge in [-0.3, -0.25) is 4.79 Å². The molecule has 0 atom stereocenters. The normalized spacial score (nSPS) is 10.5. The van der Waals surface area contributed by atoms with E-state index in [0.717, 1.165) is 11.3 Å². The molecule has 0 saturated heterocycles. The van der Waals surface area contributed by atoms with E-state index >= 15 is 0 Å². The molecule has 0 fully saturated rings. The molecule has 0 saturated carbocycles. The Labute approximate surface area is 146 Å². The van der Waals surface area contributed by atoms with Gasteiger partial charge in [-0.25, -0.2) is 4.68 Å². The lowest BCUT2D eigenvalue weighted by Crippen LogP contribution is -2.15. The van der Waals surface area contributed by atoms with Gasteiger partial charge in [0.05, 0.1) is 24.5 Å². The van der Waals surface area contributed by atoms with E-state index in [-0.39, 0.29) is 5.91 Å². The van der Waals surface area contributed by atoms with Crippen LogP contribution in [-0.2, 0) is 6.54 Å². The molecular formula is C19H20N4O2. The Morgan fingerprint density at radius 2 is 1.84 bits per heavy atom. The summed E-state index contributed by atoms with van der Waals surface area (Å²) in [6.45, 7) is 4.84. The smallest absolute Gasteiger partial charge is 0.278 e. The summed E-state index contributed by atoms with van der Waals surface area (Å²) in [7, 11) is 0. The lowest BCUT2D eigenvalue weighted by Gasteiger charge is -2.10. The van der Waals surface area contributed by atoms with Crippen LogP contribution in [0.15, 0.2) is 54.6 Å². The van der Waals surface area contributed by atoms with Crippen LogP contribution in [0.3, 0.4) is 0 Å². The zero-order valence-electron chi connectivity index (χ0n) is 14.3. The van der Waals surface area contributed by atoms with Crippen LogP contribution in [0, 0.1) is 6.92 Å². The van der Waals surface area contributed by atoms with Gasteiger partial charge in [0.25, 0.3) is 5.91 Å². The monoisotopic (exact) mass is 336 g/mol. The minimum atomic E-state index is -0.302. The Morgan fingerprint density at radius 1 is 1.12 bits per heavy atom. The summed E-state index contributed by atoms with van der Waals surface area (Å²) in [6, 6.07) is 17.3. The minimum absolute atomic E-state index is 0.302. The first kappa shape index (κ1) is 16.7. The van der Waals surface area contributed by atoms with Crippen molar-refractivity contribution in [3.63, 3.8) is 0 Å². The molecule has 0 unspecified atom stereocenters. The van der Waals surface area contributed by atoms with Gasteiger partial charge >= 0.3 is 0 Å². The van der Waals surface area contributed by atoms with E-state index in [2.05, 4.69) is 15.6 Å². The molecule has 0 spiro atoms. The fourth-order valence-electron chi connectivity index (χ4n) is 2.51. The molecule has 1 amide bonds. The van der Waals surface area contributed by atoms with Crippen LogP contribution in [0.1, 0.15) is 28.7 Å². The van der Waals surface area contributed by atoms with E-state index in [4.69, 9.17) is 4.74 Å². The highest BCUT2D eigenvalue weighted by Gasteiger charge is 2.18. The number of benzene rings is 2. The highest BCUT2D eigenvalue weighted by atomic mass is 16.5. The summed E-state index contributed by atoms with van der Waals surface area (Å²) < 4.78 is 7.25. The summed E-state index contributed by atoms with van der Waals surface area (Å²) in [5, 5.41) is 11.0. The number of para-hydroxylation sites is 2. The van der Waals surface area contributed by atoms with Crippen LogP contribution in [-0.4, -0.2) is 27.5 Å². The summed E-state index contributed by atoms with van der Waals surface area (Å²) in [5.41, 5.74) is 2.74. The first-order chi connectivity index (χ1) is 12.2. The van der Waals surface area contributed by atoms with E-state index in [0.29, 0.717) is 30.3 Å². The molecule has 128 valence electrons. The van der Waals surface area contributed by atoms with Gasteiger partial charge in [-0.2, -0.15) is 0 Å². The maximum atomic E-state index is 12.6. The van der Waals surface area contributed by atoms with E-state index in [1.54, 1.807) is 10.7 Å². The Morgan fingerprint density at radius 3 is 2.60 bits per heavy atom. The summed E-state index contributed by atoms with van der Waals surface area (Å²) >= 11 is 0. The Bertz CT molecular complexity index is 859. The largest absolute Gasteiger partial charge is 0.492 e. The van der Waals surface area contributed by atoms with Crippen molar-refractivity contribution in [3.8, 4) is 5.75 Å². The number of carbonyl (C=O) groups is 1. The molecule has 0 aliphatic heterocycles. The van der Waals surface area contributed by atoms with Crippen LogP contribution in [0.25, 0.3) is 0 Å². The third-order valence-electron chi connectivity index (χ3n) is 3.81. The highest BCUT2D eigenvalue weighted by Crippen LogP contribution is 2.24. The predicted molar refractivity (Wildman–Crippen MR) is 95.9 cm³/mol. The van der Waals surface area contributed by atoms with Gasteiger partial charge in [0, 0.05) is 0 Å². The predicted octanol–water partition coefficient (Wildman–Crippen LogP) is 3.29. The molecule has 1 N–H and O–H groups in total. The SMILES string of the molecule is CCOc1ccccc1NC(=O)c1nnn(Cc2ccccc2)c1C. The number of amides is 1. The summed E-state index contributed by atoms with van der Waals surface area (Å²) in [4.78, 5) is 12.6. The fraction of sp³-hybridized carbons (Fsp3) is 0.211. The molecular weight excluding hydrogens is 316 g/mol. The van der Waals surface area contributed by atoms with Crippen molar-refractivity contribution < 1.29 is 9.53 Å². The van der Waals surface area contributed by atoms with Gasteiger partial charge in [-0.05, 0) is 31.5 Å². The molecule has 6 nitrogen and oxygen atoms in total. The molecule has 3 rings (SSSR count). The van der Waals surface area contributed by atoms with E-state index in [1.807, 2.05) is 62.4 Å². The lowest BCUT2D eigenvalue weighted by atomic mass is 10.2. The van der Waals surface area contributed by atoms with Gasteiger partial charge in [0.15, 0.2) is 5.69 Å². The second-order valence-electron chi connectivity index (χ2n) is 5.55. The van der Waals surface area contributed by atoms with Gasteiger partial charge < -0.3 is 10.1 Å². The van der Waals surface area contributed by atoms with Gasteiger partial charge in [0.1, 0.15) is 5.75 Å². The standard InChI is InChI=1S/C19H20N4O2/c1-3-25-17-12-8-7-11-16(17)20-19(24)18-14(2)23(22-21-18)13-15-9-5-4-6-10-15/h4-12H,3,13H2,1-2H3,(H,20,24). The molecule has 0 radical (unpaired) electrons. The van der Waals surface area contributed by atoms with Crippen molar-refractivity contribution in [1.82, 2.24) is 15.0 Å². The van der Waals surface area contributed by atoms with Gasteiger partial charge in [-0.15, -0.1) is 5.10 Å². The van der Waals surface area contributed by atoms with Crippen molar-refractivity contribution in [2.24, 2.45) is 0 Å². The number of ether oxygens (including phenoxy) is 1. The molecule has 0 aliphatic rings. The van der Waals surface area contributed by atoms with Crippen LogP contribution >= 0.6 is 0 Å². The van der Waals surface area contributed by atoms with Crippen molar-refractivity contribution in [1.29, 1.82) is 0 Å². The summed E-state index contributed by atoms with van der Waals surface area (Å²) in [6.07, 6.45) is 0. The average molecular weight is 336 g/mol. The molecule has 25 heavy (non-hydrogen) atoms. The quantitative estimate of drug-likeness (QED) is 0.750. The molecule has 2 aromatic carbocycles. The number of rotatable bonds is 6. The Balaban J connectivity index is 1.77. The Kier molecular flexibility index (Phi) is 5.09. The van der Waals surface area contributed by atoms with Crippen molar-refractivity contribution in [3.05, 3.63) is 71.5 Å². The maximum Gasteiger partial charge on any atom is 0.278 e. The van der Waals surface area contributed by atoms with Crippen molar-refractivity contribution >= 4 is 11.6 Å². The fourth-order valence-corrected chi connectivity index (χ4v) is 2.51. The van der Waals surface area contributed by atoms with E-state index in [1.165, 1.54) is 0 Å². The third-order valence-corrected chi connectivity index (χ3v) is 3.81. The van der Waals surface area contributed by atoms with Gasteiger partial charge in [-0.1, -0.05) is 47.7 Å². The third kappa shape index (κ3) is 3.85. The van der Waals surface area contributed by atoms with Crippen molar-refractivity contribution in [2.75, 3.05) is 11.9 Å². The number of nitrogens with one attached hydrogen (secondary N) is 1. The van der Waals surface area contributed by atoms with Crippen LogP contribution < -0.4 is 10.1 Å². The summed E-state index contributed by atoms with van der Waals surface area (Å²) in [5.74, 6) is 0.330. The van der Waals surface area contributed by atoms with E-state index in [9.17, 15) is 4.79 Å². The number of anilines is 1. The average Bonchev–Trinajstić information content (AvgIpc) is 2.98. The minimum Gasteiger partial charge on any atom is -0.492 e. The number of hydrogen-bond donors (Lipinski definition) is 1. The topological polar surface area (TPSA) is 69.0 Å². The zero-order chi connectivity index (χ0) is 17.6. The second-order valence-corrected chi connectivity index (χ2v) is 5.55.